The zero-order chi connectivity index (χ0) is 19.0. The normalized spacial score (nSPS) is 21.6. The van der Waals surface area contributed by atoms with E-state index in [2.05, 4.69) is 11.4 Å². The lowest BCUT2D eigenvalue weighted by Crippen LogP contribution is -2.41. The second kappa shape index (κ2) is 7.12. The van der Waals surface area contributed by atoms with Gasteiger partial charge >= 0.3 is 0 Å². The minimum atomic E-state index is -0.366. The number of fused-ring (bicyclic) bond motifs is 1. The fraction of sp³-hybridized carbons (Fsp3) is 0.381. The van der Waals surface area contributed by atoms with Crippen LogP contribution in [0.4, 0.5) is 0 Å². The summed E-state index contributed by atoms with van der Waals surface area (Å²) in [5.74, 6) is 0.759. The number of hydrogen-bond acceptors (Lipinski definition) is 5. The van der Waals surface area contributed by atoms with E-state index in [9.17, 15) is 15.0 Å². The molecule has 1 fully saturated rings. The smallest absolute Gasteiger partial charge is 0.255 e. The number of hydrogen-bond donors (Lipinski definition) is 3. The number of carbonyl (C=O) groups is 1. The summed E-state index contributed by atoms with van der Waals surface area (Å²) >= 11 is 0. The first-order valence-electron chi connectivity index (χ1n) is 9.17. The fourth-order valence-corrected chi connectivity index (χ4v) is 3.86. The molecule has 1 heterocycles. The summed E-state index contributed by atoms with van der Waals surface area (Å²) in [4.78, 5) is 12.9. The summed E-state index contributed by atoms with van der Waals surface area (Å²) in [6.45, 7) is 0.676. The van der Waals surface area contributed by atoms with Crippen LogP contribution in [0.15, 0.2) is 36.4 Å². The molecule has 1 amide bonds. The van der Waals surface area contributed by atoms with Crippen LogP contribution in [0.2, 0.25) is 0 Å². The lowest BCUT2D eigenvalue weighted by Gasteiger charge is -2.38. The Labute approximate surface area is 157 Å². The summed E-state index contributed by atoms with van der Waals surface area (Å²) < 4.78 is 10.7. The number of aliphatic hydroxyl groups excluding tert-OH is 1. The first kappa shape index (κ1) is 17.7. The van der Waals surface area contributed by atoms with E-state index in [4.69, 9.17) is 9.47 Å². The number of carbonyl (C=O) groups excluding carboxylic acids is 1. The maximum absolute atomic E-state index is 12.9. The van der Waals surface area contributed by atoms with Crippen molar-refractivity contribution in [1.29, 1.82) is 0 Å². The van der Waals surface area contributed by atoms with E-state index in [1.165, 1.54) is 7.11 Å². The van der Waals surface area contributed by atoms with Gasteiger partial charge in [-0.05, 0) is 54.2 Å². The molecule has 0 bridgehead atoms. The number of aromatic hydroxyl groups is 1. The van der Waals surface area contributed by atoms with Crippen LogP contribution in [0.1, 0.15) is 40.4 Å². The first-order valence-corrected chi connectivity index (χ1v) is 9.17. The van der Waals surface area contributed by atoms with Crippen LogP contribution in [-0.2, 0) is 6.42 Å². The zero-order valence-electron chi connectivity index (χ0n) is 15.1. The number of phenols is 1. The van der Waals surface area contributed by atoms with Crippen molar-refractivity contribution < 1.29 is 24.5 Å². The van der Waals surface area contributed by atoms with Gasteiger partial charge in [-0.15, -0.1) is 0 Å². The average molecular weight is 369 g/mol. The third-order valence-electron chi connectivity index (χ3n) is 5.44. The Morgan fingerprint density at radius 2 is 2.11 bits per heavy atom. The Morgan fingerprint density at radius 3 is 2.85 bits per heavy atom. The molecule has 1 aliphatic heterocycles. The molecule has 0 saturated heterocycles. The van der Waals surface area contributed by atoms with Gasteiger partial charge in [0.1, 0.15) is 5.75 Å². The topological polar surface area (TPSA) is 88.0 Å². The lowest BCUT2D eigenvalue weighted by molar-refractivity contribution is 0.0235. The van der Waals surface area contributed by atoms with Crippen molar-refractivity contribution in [1.82, 2.24) is 5.32 Å². The SMILES string of the molecule is COc1cccc(C(=O)NC(c2ccc3c(c2)CCO3)C2CC(O)C2)c1O. The first-order chi connectivity index (χ1) is 13.1. The number of para-hydroxylation sites is 1. The van der Waals surface area contributed by atoms with E-state index in [-0.39, 0.29) is 41.0 Å². The summed E-state index contributed by atoms with van der Waals surface area (Å²) in [7, 11) is 1.45. The largest absolute Gasteiger partial charge is 0.504 e. The van der Waals surface area contributed by atoms with Gasteiger partial charge in [-0.3, -0.25) is 4.79 Å². The van der Waals surface area contributed by atoms with Crippen LogP contribution in [0.3, 0.4) is 0 Å². The van der Waals surface area contributed by atoms with Crippen molar-refractivity contribution in [3.63, 3.8) is 0 Å². The number of nitrogens with one attached hydrogen (secondary N) is 1. The Hall–Kier alpha value is -2.73. The number of amides is 1. The summed E-state index contributed by atoms with van der Waals surface area (Å²) in [6, 6.07) is 10.6. The fourth-order valence-electron chi connectivity index (χ4n) is 3.86. The quantitative estimate of drug-likeness (QED) is 0.754. The molecule has 142 valence electrons. The molecular formula is C21H23NO5. The Kier molecular flexibility index (Phi) is 4.66. The van der Waals surface area contributed by atoms with E-state index in [0.717, 1.165) is 23.3 Å². The molecule has 1 aliphatic carbocycles. The van der Waals surface area contributed by atoms with Gasteiger partial charge in [0, 0.05) is 6.42 Å². The van der Waals surface area contributed by atoms with Crippen molar-refractivity contribution in [3.8, 4) is 17.2 Å². The molecule has 2 aromatic carbocycles. The summed E-state index contributed by atoms with van der Waals surface area (Å²) in [5.41, 5.74) is 2.30. The highest BCUT2D eigenvalue weighted by Crippen LogP contribution is 2.40. The molecule has 1 saturated carbocycles. The van der Waals surface area contributed by atoms with Crippen LogP contribution in [0.5, 0.6) is 17.2 Å². The maximum atomic E-state index is 12.9. The number of benzene rings is 2. The van der Waals surface area contributed by atoms with Gasteiger partial charge in [0.25, 0.3) is 5.91 Å². The Bertz CT molecular complexity index is 860. The van der Waals surface area contributed by atoms with Crippen molar-refractivity contribution in [2.45, 2.75) is 31.4 Å². The van der Waals surface area contributed by atoms with E-state index in [0.29, 0.717) is 19.4 Å². The van der Waals surface area contributed by atoms with Crippen molar-refractivity contribution >= 4 is 5.91 Å². The van der Waals surface area contributed by atoms with Gasteiger partial charge in [-0.2, -0.15) is 0 Å². The molecule has 1 unspecified atom stereocenters. The minimum Gasteiger partial charge on any atom is -0.504 e. The lowest BCUT2D eigenvalue weighted by atomic mass is 9.74. The molecule has 6 nitrogen and oxygen atoms in total. The molecule has 0 spiro atoms. The molecule has 3 N–H and O–H groups in total. The molecule has 6 heteroatoms. The van der Waals surface area contributed by atoms with Crippen molar-refractivity contribution in [2.24, 2.45) is 5.92 Å². The van der Waals surface area contributed by atoms with Crippen molar-refractivity contribution in [3.05, 3.63) is 53.1 Å². The molecule has 2 aromatic rings. The molecule has 1 atom stereocenters. The van der Waals surface area contributed by atoms with Crippen LogP contribution in [0, 0.1) is 5.92 Å². The monoisotopic (exact) mass is 369 g/mol. The zero-order valence-corrected chi connectivity index (χ0v) is 15.1. The summed E-state index contributed by atoms with van der Waals surface area (Å²) in [6.07, 6.45) is 1.82. The minimum absolute atomic E-state index is 0.150. The van der Waals surface area contributed by atoms with Crippen LogP contribution in [-0.4, -0.2) is 35.9 Å². The van der Waals surface area contributed by atoms with Gasteiger partial charge in [0.2, 0.25) is 0 Å². The van der Waals surface area contributed by atoms with Gasteiger partial charge in [-0.25, -0.2) is 0 Å². The van der Waals surface area contributed by atoms with Crippen LogP contribution < -0.4 is 14.8 Å². The Morgan fingerprint density at radius 1 is 1.30 bits per heavy atom. The van der Waals surface area contributed by atoms with Crippen molar-refractivity contribution in [2.75, 3.05) is 13.7 Å². The van der Waals surface area contributed by atoms with E-state index in [1.54, 1.807) is 18.2 Å². The predicted molar refractivity (Wildman–Crippen MR) is 99.2 cm³/mol. The third kappa shape index (κ3) is 3.32. The number of rotatable bonds is 5. The average Bonchev–Trinajstić information content (AvgIpc) is 3.11. The predicted octanol–water partition coefficient (Wildman–Crippen LogP) is 2.58. The standard InChI is InChI=1S/C21H23NO5/c1-26-18-4-2-3-16(20(18)24)21(25)22-19(14-10-15(23)11-14)13-5-6-17-12(9-13)7-8-27-17/h2-6,9,14-15,19,23-24H,7-8,10-11H2,1H3,(H,22,25). The highest BCUT2D eigenvalue weighted by atomic mass is 16.5. The highest BCUT2D eigenvalue weighted by molar-refractivity contribution is 5.97. The molecule has 4 rings (SSSR count). The van der Waals surface area contributed by atoms with Crippen LogP contribution >= 0.6 is 0 Å². The molecule has 0 radical (unpaired) electrons. The van der Waals surface area contributed by atoms with E-state index >= 15 is 0 Å². The van der Waals surface area contributed by atoms with E-state index in [1.807, 2.05) is 12.1 Å². The Balaban J connectivity index is 1.61. The van der Waals surface area contributed by atoms with Gasteiger partial charge in [0.15, 0.2) is 11.5 Å². The highest BCUT2D eigenvalue weighted by Gasteiger charge is 2.36. The maximum Gasteiger partial charge on any atom is 0.255 e. The second-order valence-corrected chi connectivity index (χ2v) is 7.16. The van der Waals surface area contributed by atoms with Gasteiger partial charge in [0.05, 0.1) is 31.4 Å². The number of aliphatic hydroxyl groups is 1. The molecule has 0 aromatic heterocycles. The molecule has 2 aliphatic rings. The molecule has 27 heavy (non-hydrogen) atoms. The van der Waals surface area contributed by atoms with Crippen LogP contribution in [0.25, 0.3) is 0 Å². The number of phenolic OH excluding ortho intramolecular Hbond substituents is 1. The van der Waals surface area contributed by atoms with Gasteiger partial charge < -0.3 is 25.0 Å². The third-order valence-corrected chi connectivity index (χ3v) is 5.44. The van der Waals surface area contributed by atoms with E-state index < -0.39 is 0 Å². The number of ether oxygens (including phenoxy) is 2. The summed E-state index contributed by atoms with van der Waals surface area (Å²) in [5, 5.41) is 23.1. The number of methoxy groups -OCH3 is 1. The second-order valence-electron chi connectivity index (χ2n) is 7.16. The molecular weight excluding hydrogens is 346 g/mol. The van der Waals surface area contributed by atoms with Gasteiger partial charge in [-0.1, -0.05) is 12.1 Å².